The molecule has 0 fully saturated rings. The lowest BCUT2D eigenvalue weighted by atomic mass is 10.1. The van der Waals surface area contributed by atoms with Crippen molar-refractivity contribution >= 4 is 0 Å². The zero-order valence-electron chi connectivity index (χ0n) is 14.7. The molecule has 0 radical (unpaired) electrons. The SMILES string of the molecule is CCCCC[N+](CC)(CC)CCCCc1ccc(O)cc1.[OH-]. The van der Waals surface area contributed by atoms with E-state index in [4.69, 9.17) is 0 Å². The van der Waals surface area contributed by atoms with Crippen LogP contribution < -0.4 is 0 Å². The summed E-state index contributed by atoms with van der Waals surface area (Å²) in [5, 5.41) is 9.30. The molecule has 1 aromatic carbocycles. The second-order valence-electron chi connectivity index (χ2n) is 6.25. The van der Waals surface area contributed by atoms with Crippen LogP contribution in [-0.2, 0) is 6.42 Å². The molecule has 22 heavy (non-hydrogen) atoms. The Morgan fingerprint density at radius 1 is 0.818 bits per heavy atom. The molecule has 3 heteroatoms. The van der Waals surface area contributed by atoms with Crippen LogP contribution in [0.1, 0.15) is 58.4 Å². The van der Waals surface area contributed by atoms with Crippen molar-refractivity contribution in [1.29, 1.82) is 0 Å². The summed E-state index contributed by atoms with van der Waals surface area (Å²) in [5.74, 6) is 0.363. The molecule has 1 rings (SSSR count). The predicted octanol–water partition coefficient (Wildman–Crippen LogP) is 4.58. The van der Waals surface area contributed by atoms with Crippen molar-refractivity contribution in [1.82, 2.24) is 0 Å². The van der Waals surface area contributed by atoms with Crippen LogP contribution in [0.2, 0.25) is 0 Å². The van der Waals surface area contributed by atoms with Gasteiger partial charge in [0.1, 0.15) is 5.75 Å². The molecule has 0 aromatic heterocycles. The minimum absolute atomic E-state index is 0. The van der Waals surface area contributed by atoms with Crippen LogP contribution >= 0.6 is 0 Å². The van der Waals surface area contributed by atoms with Gasteiger partial charge in [-0.15, -0.1) is 0 Å². The smallest absolute Gasteiger partial charge is 0.115 e. The van der Waals surface area contributed by atoms with Gasteiger partial charge < -0.3 is 15.1 Å². The van der Waals surface area contributed by atoms with Crippen molar-refractivity contribution in [3.63, 3.8) is 0 Å². The monoisotopic (exact) mass is 309 g/mol. The number of benzene rings is 1. The summed E-state index contributed by atoms with van der Waals surface area (Å²) in [5.41, 5.74) is 1.34. The third-order valence-electron chi connectivity index (χ3n) is 4.86. The number of phenols is 1. The van der Waals surface area contributed by atoms with Gasteiger partial charge in [0.05, 0.1) is 26.2 Å². The molecule has 0 aliphatic carbocycles. The number of aromatic hydroxyl groups is 1. The van der Waals surface area contributed by atoms with Crippen LogP contribution in [0.3, 0.4) is 0 Å². The maximum atomic E-state index is 9.30. The second-order valence-corrected chi connectivity index (χ2v) is 6.25. The van der Waals surface area contributed by atoms with E-state index >= 15 is 0 Å². The first-order valence-electron chi connectivity index (χ1n) is 8.78. The number of unbranched alkanes of at least 4 members (excludes halogenated alkanes) is 3. The number of hydrogen-bond donors (Lipinski definition) is 1. The molecule has 0 aliphatic rings. The van der Waals surface area contributed by atoms with E-state index in [-0.39, 0.29) is 5.48 Å². The van der Waals surface area contributed by atoms with Crippen molar-refractivity contribution in [2.45, 2.75) is 59.3 Å². The molecule has 0 aliphatic heterocycles. The van der Waals surface area contributed by atoms with Crippen LogP contribution in [0.5, 0.6) is 5.75 Å². The number of nitrogens with zero attached hydrogens (tertiary/aromatic N) is 1. The molecule has 0 amide bonds. The van der Waals surface area contributed by atoms with Gasteiger partial charge in [-0.2, -0.15) is 0 Å². The highest BCUT2D eigenvalue weighted by molar-refractivity contribution is 5.25. The van der Waals surface area contributed by atoms with Crippen LogP contribution in [0.25, 0.3) is 0 Å². The lowest BCUT2D eigenvalue weighted by Gasteiger charge is -2.37. The van der Waals surface area contributed by atoms with E-state index < -0.39 is 0 Å². The van der Waals surface area contributed by atoms with E-state index in [0.717, 1.165) is 6.42 Å². The summed E-state index contributed by atoms with van der Waals surface area (Å²) in [7, 11) is 0. The van der Waals surface area contributed by atoms with Crippen LogP contribution in [0.15, 0.2) is 24.3 Å². The van der Waals surface area contributed by atoms with Gasteiger partial charge in [-0.3, -0.25) is 0 Å². The lowest BCUT2D eigenvalue weighted by molar-refractivity contribution is -0.925. The number of aryl methyl sites for hydroxylation is 1. The zero-order chi connectivity index (χ0) is 15.6. The quantitative estimate of drug-likeness (QED) is 0.480. The van der Waals surface area contributed by atoms with E-state index in [2.05, 4.69) is 20.8 Å². The molecule has 0 heterocycles. The van der Waals surface area contributed by atoms with Crippen molar-refractivity contribution in [3.05, 3.63) is 29.8 Å². The van der Waals surface area contributed by atoms with Crippen molar-refractivity contribution in [2.24, 2.45) is 0 Å². The van der Waals surface area contributed by atoms with Gasteiger partial charge in [0.2, 0.25) is 0 Å². The lowest BCUT2D eigenvalue weighted by Crippen LogP contribution is -2.49. The average Bonchev–Trinajstić information content (AvgIpc) is 2.52. The summed E-state index contributed by atoms with van der Waals surface area (Å²) >= 11 is 0. The van der Waals surface area contributed by atoms with Crippen molar-refractivity contribution in [2.75, 3.05) is 26.2 Å². The van der Waals surface area contributed by atoms with Gasteiger partial charge in [-0.1, -0.05) is 25.5 Å². The van der Waals surface area contributed by atoms with E-state index in [1.54, 1.807) is 12.1 Å². The first-order chi connectivity index (χ1) is 10.2. The topological polar surface area (TPSA) is 50.2 Å². The van der Waals surface area contributed by atoms with Gasteiger partial charge in [0, 0.05) is 0 Å². The van der Waals surface area contributed by atoms with Gasteiger partial charge in [-0.05, 0) is 63.6 Å². The molecule has 0 saturated carbocycles. The highest BCUT2D eigenvalue weighted by Gasteiger charge is 2.21. The summed E-state index contributed by atoms with van der Waals surface area (Å²) < 4.78 is 1.29. The molecular weight excluding hydrogens is 274 g/mol. The largest absolute Gasteiger partial charge is 0.870 e. The van der Waals surface area contributed by atoms with E-state index in [1.165, 1.54) is 68.3 Å². The van der Waals surface area contributed by atoms with Gasteiger partial charge >= 0.3 is 0 Å². The van der Waals surface area contributed by atoms with E-state index in [1.807, 2.05) is 12.1 Å². The van der Waals surface area contributed by atoms with Gasteiger partial charge in [0.15, 0.2) is 0 Å². The van der Waals surface area contributed by atoms with E-state index in [0.29, 0.717) is 5.75 Å². The molecule has 3 nitrogen and oxygen atoms in total. The summed E-state index contributed by atoms with van der Waals surface area (Å²) in [6.45, 7) is 12.2. The zero-order valence-corrected chi connectivity index (χ0v) is 14.7. The van der Waals surface area contributed by atoms with Gasteiger partial charge in [0.25, 0.3) is 0 Å². The Hall–Kier alpha value is -1.06. The number of phenolic OH excluding ortho intramolecular Hbond substituents is 1. The minimum Gasteiger partial charge on any atom is -0.870 e. The maximum absolute atomic E-state index is 9.30. The summed E-state index contributed by atoms with van der Waals surface area (Å²) in [6, 6.07) is 7.66. The fraction of sp³-hybridized carbons (Fsp3) is 0.684. The Morgan fingerprint density at radius 2 is 1.36 bits per heavy atom. The van der Waals surface area contributed by atoms with Gasteiger partial charge in [-0.25, -0.2) is 0 Å². The van der Waals surface area contributed by atoms with Crippen LogP contribution in [0, 0.1) is 0 Å². The fourth-order valence-electron chi connectivity index (χ4n) is 3.10. The molecule has 0 bridgehead atoms. The van der Waals surface area contributed by atoms with E-state index in [9.17, 15) is 5.11 Å². The minimum atomic E-state index is 0. The first-order valence-corrected chi connectivity index (χ1v) is 8.78. The molecule has 0 spiro atoms. The Kier molecular flexibility index (Phi) is 10.9. The normalized spacial score (nSPS) is 11.2. The third kappa shape index (κ3) is 7.28. The molecule has 128 valence electrons. The fourth-order valence-corrected chi connectivity index (χ4v) is 3.10. The Balaban J connectivity index is 0.00000441. The Bertz CT molecular complexity index is 372. The average molecular weight is 309 g/mol. The highest BCUT2D eigenvalue weighted by Crippen LogP contribution is 2.15. The third-order valence-corrected chi connectivity index (χ3v) is 4.86. The number of hydrogen-bond acceptors (Lipinski definition) is 2. The number of quaternary nitrogens is 1. The Morgan fingerprint density at radius 3 is 1.86 bits per heavy atom. The Labute approximate surface area is 136 Å². The standard InChI is InChI=1S/C19H33NO.H2O/c1-4-7-9-16-20(5-2,6-3)17-10-8-11-18-12-14-19(21)15-13-18;/h12-15H,4-11,16-17H2,1-3H3;1H2. The highest BCUT2D eigenvalue weighted by atomic mass is 16.3. The van der Waals surface area contributed by atoms with Crippen molar-refractivity contribution in [3.8, 4) is 5.75 Å². The second kappa shape index (κ2) is 11.5. The van der Waals surface area contributed by atoms with Crippen LogP contribution in [0.4, 0.5) is 0 Å². The maximum Gasteiger partial charge on any atom is 0.115 e. The molecule has 2 N–H and O–H groups in total. The van der Waals surface area contributed by atoms with Crippen LogP contribution in [-0.4, -0.2) is 41.2 Å². The molecular formula is C19H35NO2. The molecule has 1 aromatic rings. The molecule has 0 unspecified atom stereocenters. The number of rotatable bonds is 11. The summed E-state index contributed by atoms with van der Waals surface area (Å²) in [6.07, 6.45) is 7.73. The molecule has 0 atom stereocenters. The molecule has 0 saturated heterocycles. The van der Waals surface area contributed by atoms with Crippen molar-refractivity contribution < 1.29 is 15.1 Å². The first kappa shape index (κ1) is 20.9. The summed E-state index contributed by atoms with van der Waals surface area (Å²) in [4.78, 5) is 0. The predicted molar refractivity (Wildman–Crippen MR) is 93.6 cm³/mol.